The van der Waals surface area contributed by atoms with Gasteiger partial charge in [-0.3, -0.25) is 9.09 Å². The second kappa shape index (κ2) is 7.97. The summed E-state index contributed by atoms with van der Waals surface area (Å²) < 4.78 is 47.8. The van der Waals surface area contributed by atoms with E-state index in [9.17, 15) is 33.7 Å². The van der Waals surface area contributed by atoms with E-state index in [2.05, 4.69) is 19.6 Å². The fraction of sp³-hybridized carbons (Fsp3) is 0.538. The molecule has 6 N–H and O–H groups in total. The molecule has 1 saturated heterocycles. The van der Waals surface area contributed by atoms with Crippen molar-refractivity contribution in [2.45, 2.75) is 31.5 Å². The predicted octanol–water partition coefficient (Wildman–Crippen LogP) is -1.55. The van der Waals surface area contributed by atoms with Gasteiger partial charge in [0.25, 0.3) is 0 Å². The summed E-state index contributed by atoms with van der Waals surface area (Å²) in [5, 5.41) is 26.7. The lowest BCUT2D eigenvalue weighted by Crippen LogP contribution is -2.46. The van der Waals surface area contributed by atoms with Gasteiger partial charge in [0.05, 0.1) is 6.61 Å². The second-order valence-electron chi connectivity index (χ2n) is 7.29. The molecule has 2 aliphatic heterocycles. The predicted molar refractivity (Wildman–Crippen MR) is 108 cm³/mol. The minimum atomic E-state index is -5.98. The third-order valence-electron chi connectivity index (χ3n) is 5.15. The van der Waals surface area contributed by atoms with Gasteiger partial charge in [-0.05, 0) is 0 Å². The molecular formula is C13H20N6O11P3+. The minimum absolute atomic E-state index is 0.299. The number of hydrogen-bond acceptors (Lipinski definition) is 11. The van der Waals surface area contributed by atoms with Gasteiger partial charge in [-0.1, -0.05) is 4.98 Å². The maximum atomic E-state index is 12.0. The highest BCUT2D eigenvalue weighted by atomic mass is 32.5. The van der Waals surface area contributed by atoms with Gasteiger partial charge < -0.3 is 34.5 Å². The van der Waals surface area contributed by atoms with Crippen molar-refractivity contribution in [2.24, 2.45) is 5.10 Å². The SMILES string of the molecule is CC1=NN(C)c2ncnc3c2n1c[n+]3C1OC(COP(=O)(O)P(=O)(O)P(=O)(O)O)C(O)C1O. The highest BCUT2D eigenvalue weighted by molar-refractivity contribution is 8.60. The zero-order chi connectivity index (χ0) is 24.5. The van der Waals surface area contributed by atoms with Gasteiger partial charge in [0, 0.05) is 14.0 Å². The molecule has 20 heteroatoms. The third-order valence-corrected chi connectivity index (χ3v) is 15.5. The number of ether oxygens (including phenoxy) is 1. The van der Waals surface area contributed by atoms with Gasteiger partial charge in [-0.2, -0.15) is 4.98 Å². The molecule has 182 valence electrons. The summed E-state index contributed by atoms with van der Waals surface area (Å²) in [6.07, 6.45) is -3.33. The summed E-state index contributed by atoms with van der Waals surface area (Å²) in [4.78, 5) is 45.2. The van der Waals surface area contributed by atoms with E-state index in [1.165, 1.54) is 22.2 Å². The zero-order valence-electron chi connectivity index (χ0n) is 16.9. The van der Waals surface area contributed by atoms with Crippen LogP contribution in [0.2, 0.25) is 0 Å². The number of nitrogens with zero attached hydrogens (tertiary/aromatic N) is 6. The third kappa shape index (κ3) is 3.79. The van der Waals surface area contributed by atoms with Gasteiger partial charge in [-0.15, -0.1) is 5.10 Å². The maximum Gasteiger partial charge on any atom is 0.422 e. The Hall–Kier alpha value is -1.61. The van der Waals surface area contributed by atoms with E-state index in [0.29, 0.717) is 22.8 Å². The Morgan fingerprint density at radius 3 is 2.45 bits per heavy atom. The van der Waals surface area contributed by atoms with Crippen molar-refractivity contribution in [3.8, 4) is 0 Å². The van der Waals surface area contributed by atoms with Gasteiger partial charge in [0.15, 0.2) is 24.3 Å². The average molecular weight is 529 g/mol. The molecule has 0 amide bonds. The monoisotopic (exact) mass is 529 g/mol. The molecule has 0 bridgehead atoms. The number of aliphatic hydroxyl groups excluding tert-OH is 2. The Morgan fingerprint density at radius 1 is 1.15 bits per heavy atom. The van der Waals surface area contributed by atoms with Crippen molar-refractivity contribution < 1.29 is 57.3 Å². The van der Waals surface area contributed by atoms with Crippen LogP contribution in [0.5, 0.6) is 0 Å². The lowest BCUT2D eigenvalue weighted by atomic mass is 10.1. The van der Waals surface area contributed by atoms with Crippen LogP contribution in [0.3, 0.4) is 0 Å². The van der Waals surface area contributed by atoms with Gasteiger partial charge in [0.1, 0.15) is 18.3 Å². The quantitative estimate of drug-likeness (QED) is 0.183. The van der Waals surface area contributed by atoms with Crippen molar-refractivity contribution in [3.63, 3.8) is 0 Å². The van der Waals surface area contributed by atoms with E-state index >= 15 is 0 Å². The number of aliphatic hydroxyl groups is 2. The van der Waals surface area contributed by atoms with Crippen LogP contribution in [0.25, 0.3) is 11.2 Å². The molecule has 2 aromatic heterocycles. The fourth-order valence-electron chi connectivity index (χ4n) is 3.47. The summed E-state index contributed by atoms with van der Waals surface area (Å²) in [5.41, 5.74) is 0.827. The number of anilines is 1. The van der Waals surface area contributed by atoms with Crippen LogP contribution in [-0.2, 0) is 23.0 Å². The molecule has 33 heavy (non-hydrogen) atoms. The van der Waals surface area contributed by atoms with Crippen LogP contribution in [-0.4, -0.2) is 82.1 Å². The summed E-state index contributed by atoms with van der Waals surface area (Å²) in [7, 11) is -9.96. The van der Waals surface area contributed by atoms with Crippen LogP contribution in [0, 0.1) is 0 Å². The normalized spacial score (nSPS) is 29.1. The second-order valence-corrected chi connectivity index (χ2v) is 17.9. The molecule has 1 fully saturated rings. The molecule has 4 rings (SSSR count). The van der Waals surface area contributed by atoms with E-state index in [0.717, 1.165) is 0 Å². The molecule has 4 heterocycles. The zero-order valence-corrected chi connectivity index (χ0v) is 19.6. The van der Waals surface area contributed by atoms with Gasteiger partial charge >= 0.3 is 27.0 Å². The Labute approximate surface area is 184 Å². The summed E-state index contributed by atoms with van der Waals surface area (Å²) in [5.74, 6) is 0.989. The topological polar surface area (TPSA) is 241 Å². The van der Waals surface area contributed by atoms with E-state index in [1.54, 1.807) is 18.5 Å². The first-order chi connectivity index (χ1) is 15.2. The Bertz CT molecular complexity index is 1290. The number of hydrazone groups is 1. The summed E-state index contributed by atoms with van der Waals surface area (Å²) in [6, 6.07) is 0. The van der Waals surface area contributed by atoms with Crippen molar-refractivity contribution in [1.29, 1.82) is 0 Å². The number of aromatic nitrogens is 4. The molecule has 2 aliphatic rings. The molecule has 6 unspecified atom stereocenters. The van der Waals surface area contributed by atoms with Crippen molar-refractivity contribution in [1.82, 2.24) is 14.5 Å². The molecule has 17 nitrogen and oxygen atoms in total. The lowest BCUT2D eigenvalue weighted by Gasteiger charge is -2.21. The van der Waals surface area contributed by atoms with Gasteiger partial charge in [-0.25, -0.2) is 23.3 Å². The first-order valence-corrected chi connectivity index (χ1v) is 15.4. The van der Waals surface area contributed by atoms with Crippen LogP contribution in [0.4, 0.5) is 5.82 Å². The summed E-state index contributed by atoms with van der Waals surface area (Å²) >= 11 is 0. The van der Waals surface area contributed by atoms with Crippen molar-refractivity contribution in [3.05, 3.63) is 12.7 Å². The molecule has 2 aromatic rings. The van der Waals surface area contributed by atoms with Crippen molar-refractivity contribution >= 4 is 44.1 Å². The van der Waals surface area contributed by atoms with E-state index in [1.807, 2.05) is 0 Å². The molecule has 0 aliphatic carbocycles. The lowest BCUT2D eigenvalue weighted by molar-refractivity contribution is -0.745. The Kier molecular flexibility index (Phi) is 5.92. The van der Waals surface area contributed by atoms with Crippen LogP contribution >= 0.6 is 21.3 Å². The summed E-state index contributed by atoms with van der Waals surface area (Å²) in [6.45, 7) is -5.30. The smallest absolute Gasteiger partial charge is 0.387 e. The van der Waals surface area contributed by atoms with Crippen LogP contribution in [0.1, 0.15) is 13.2 Å². The molecule has 0 saturated carbocycles. The van der Waals surface area contributed by atoms with Crippen LogP contribution in [0.15, 0.2) is 17.8 Å². The minimum Gasteiger partial charge on any atom is -0.387 e. The van der Waals surface area contributed by atoms with E-state index in [4.69, 9.17) is 14.5 Å². The number of hydrogen-bond donors (Lipinski definition) is 6. The Morgan fingerprint density at radius 2 is 1.82 bits per heavy atom. The van der Waals surface area contributed by atoms with E-state index < -0.39 is 52.5 Å². The molecule has 6 atom stereocenters. The largest absolute Gasteiger partial charge is 0.422 e. The highest BCUT2D eigenvalue weighted by Gasteiger charge is 2.58. The first kappa shape index (κ1) is 24.5. The van der Waals surface area contributed by atoms with Gasteiger partial charge in [0.2, 0.25) is 11.7 Å². The molecular weight excluding hydrogens is 509 g/mol. The highest BCUT2D eigenvalue weighted by Crippen LogP contribution is 2.94. The molecule has 0 aromatic carbocycles. The number of imidazole rings is 1. The Balaban J connectivity index is 1.62. The van der Waals surface area contributed by atoms with E-state index in [-0.39, 0.29) is 0 Å². The standard InChI is InChI=1S/C13H19N6O11P3/c1-6-16-17(2)11-8-12(15-4-14-11)19(5-18(6)8)13-10(21)9(20)7(30-13)3-29-32(25,26)33(27,28)31(22,23)24/h4-5,7,9-10,13,20-21H,3H2,1-2H3,(H3-,22,23,24,25,26,27,28)/p+1. The molecule has 0 radical (unpaired) electrons. The fourth-order valence-corrected chi connectivity index (χ4v) is 8.91. The maximum absolute atomic E-state index is 12.0. The van der Waals surface area contributed by atoms with Crippen LogP contribution < -0.4 is 9.58 Å². The average Bonchev–Trinajstić information content (AvgIpc) is 3.23. The van der Waals surface area contributed by atoms with Crippen molar-refractivity contribution in [2.75, 3.05) is 18.7 Å². The first-order valence-electron chi connectivity index (χ1n) is 9.12. The molecule has 0 spiro atoms. The number of rotatable bonds is 6.